The molecular weight excluding hydrogens is 376 g/mol. The lowest BCUT2D eigenvalue weighted by atomic mass is 9.91. The second kappa shape index (κ2) is 9.18. The number of amides is 1. The zero-order valence-corrected chi connectivity index (χ0v) is 16.8. The summed E-state index contributed by atoms with van der Waals surface area (Å²) in [5, 5.41) is 4.17. The summed E-state index contributed by atoms with van der Waals surface area (Å²) >= 11 is 0. The van der Waals surface area contributed by atoms with E-state index in [1.165, 1.54) is 0 Å². The highest BCUT2D eigenvalue weighted by atomic mass is 16.5. The fourth-order valence-corrected chi connectivity index (χ4v) is 3.56. The molecule has 0 saturated heterocycles. The van der Waals surface area contributed by atoms with Crippen LogP contribution in [0.3, 0.4) is 0 Å². The number of aromatic amines is 1. The summed E-state index contributed by atoms with van der Waals surface area (Å²) in [6, 6.07) is 25.5. The highest BCUT2D eigenvalue weighted by Gasteiger charge is 2.19. The molecule has 0 radical (unpaired) electrons. The lowest BCUT2D eigenvalue weighted by Crippen LogP contribution is -2.32. The number of aromatic nitrogens is 1. The minimum absolute atomic E-state index is 0.00673. The first-order valence-corrected chi connectivity index (χ1v) is 9.89. The van der Waals surface area contributed by atoms with Crippen molar-refractivity contribution in [1.29, 1.82) is 0 Å². The van der Waals surface area contributed by atoms with Gasteiger partial charge in [-0.25, -0.2) is 0 Å². The molecule has 30 heavy (non-hydrogen) atoms. The van der Waals surface area contributed by atoms with Crippen LogP contribution in [0, 0.1) is 0 Å². The molecule has 0 spiro atoms. The number of rotatable bonds is 8. The van der Waals surface area contributed by atoms with Gasteiger partial charge in [-0.2, -0.15) is 0 Å². The number of benzene rings is 3. The Labute approximate surface area is 175 Å². The first-order chi connectivity index (χ1) is 14.7. The lowest BCUT2D eigenvalue weighted by molar-refractivity contribution is -0.123. The van der Waals surface area contributed by atoms with Crippen LogP contribution in [-0.4, -0.2) is 31.2 Å². The number of fused-ring (bicyclic) bond motifs is 1. The van der Waals surface area contributed by atoms with E-state index in [1.54, 1.807) is 7.11 Å². The molecule has 1 heterocycles. The Kier molecular flexibility index (Phi) is 5.99. The molecule has 0 unspecified atom stereocenters. The van der Waals surface area contributed by atoms with Gasteiger partial charge in [-0.15, -0.1) is 0 Å². The van der Waals surface area contributed by atoms with Gasteiger partial charge in [-0.05, 0) is 41.5 Å². The minimum Gasteiger partial charge on any atom is -0.497 e. The molecule has 4 aromatic rings. The van der Waals surface area contributed by atoms with Gasteiger partial charge >= 0.3 is 0 Å². The molecule has 1 atom stereocenters. The SMILES string of the molecule is COc1ccc([C@H](CNC(=O)COc2ccccc2)c2c[nH]c3ccccc23)cc1. The zero-order valence-electron chi connectivity index (χ0n) is 16.8. The van der Waals surface area contributed by atoms with Crippen LogP contribution in [0.15, 0.2) is 85.1 Å². The second-order valence-electron chi connectivity index (χ2n) is 7.02. The third kappa shape index (κ3) is 4.46. The third-order valence-corrected chi connectivity index (χ3v) is 5.13. The van der Waals surface area contributed by atoms with Gasteiger partial charge < -0.3 is 19.8 Å². The van der Waals surface area contributed by atoms with Crippen LogP contribution >= 0.6 is 0 Å². The Hall–Kier alpha value is -3.73. The van der Waals surface area contributed by atoms with Gasteiger partial charge in [0.05, 0.1) is 7.11 Å². The van der Waals surface area contributed by atoms with E-state index in [1.807, 2.05) is 72.9 Å². The fourth-order valence-electron chi connectivity index (χ4n) is 3.56. The van der Waals surface area contributed by atoms with Crippen molar-refractivity contribution < 1.29 is 14.3 Å². The quantitative estimate of drug-likeness (QED) is 0.458. The van der Waals surface area contributed by atoms with E-state index in [9.17, 15) is 4.79 Å². The van der Waals surface area contributed by atoms with E-state index in [4.69, 9.17) is 9.47 Å². The van der Waals surface area contributed by atoms with Crippen molar-refractivity contribution in [2.45, 2.75) is 5.92 Å². The molecule has 1 amide bonds. The van der Waals surface area contributed by atoms with Crippen molar-refractivity contribution >= 4 is 16.8 Å². The number of nitrogens with one attached hydrogen (secondary N) is 2. The number of methoxy groups -OCH3 is 1. The van der Waals surface area contributed by atoms with Crippen molar-refractivity contribution in [3.63, 3.8) is 0 Å². The second-order valence-corrected chi connectivity index (χ2v) is 7.02. The van der Waals surface area contributed by atoms with E-state index in [2.05, 4.69) is 22.4 Å². The molecule has 4 rings (SSSR count). The summed E-state index contributed by atoms with van der Waals surface area (Å²) in [4.78, 5) is 15.8. The van der Waals surface area contributed by atoms with E-state index in [-0.39, 0.29) is 18.4 Å². The van der Waals surface area contributed by atoms with Crippen LogP contribution in [0.4, 0.5) is 0 Å². The van der Waals surface area contributed by atoms with Crippen molar-refractivity contribution in [1.82, 2.24) is 10.3 Å². The van der Waals surface area contributed by atoms with Crippen LogP contribution in [0.2, 0.25) is 0 Å². The van der Waals surface area contributed by atoms with Crippen LogP contribution in [0.25, 0.3) is 10.9 Å². The molecule has 0 bridgehead atoms. The maximum atomic E-state index is 12.4. The number of hydrogen-bond acceptors (Lipinski definition) is 3. The van der Waals surface area contributed by atoms with E-state index < -0.39 is 0 Å². The molecule has 2 N–H and O–H groups in total. The van der Waals surface area contributed by atoms with Crippen LogP contribution < -0.4 is 14.8 Å². The molecular formula is C25H24N2O3. The summed E-state index contributed by atoms with van der Waals surface area (Å²) in [6.45, 7) is 0.443. The Bertz CT molecular complexity index is 1100. The fraction of sp³-hybridized carbons (Fsp3) is 0.160. The summed E-state index contributed by atoms with van der Waals surface area (Å²) in [5.41, 5.74) is 3.31. The molecule has 1 aromatic heterocycles. The maximum absolute atomic E-state index is 12.4. The van der Waals surface area contributed by atoms with Gasteiger partial charge in [-0.3, -0.25) is 4.79 Å². The molecule has 3 aromatic carbocycles. The Balaban J connectivity index is 1.52. The lowest BCUT2D eigenvalue weighted by Gasteiger charge is -2.19. The Morgan fingerprint density at radius 3 is 2.43 bits per heavy atom. The minimum atomic E-state index is -0.155. The smallest absolute Gasteiger partial charge is 0.257 e. The molecule has 0 aliphatic rings. The number of carbonyl (C=O) groups is 1. The van der Waals surface area contributed by atoms with Crippen LogP contribution in [0.5, 0.6) is 11.5 Å². The average molecular weight is 400 g/mol. The van der Waals surface area contributed by atoms with Crippen molar-refractivity contribution in [3.8, 4) is 11.5 Å². The zero-order chi connectivity index (χ0) is 20.8. The van der Waals surface area contributed by atoms with Gasteiger partial charge in [-0.1, -0.05) is 48.5 Å². The molecule has 0 saturated carbocycles. The molecule has 5 heteroatoms. The number of hydrogen-bond donors (Lipinski definition) is 2. The standard InChI is InChI=1S/C25H24N2O3/c1-29-19-13-11-18(12-14-19)22(23-16-26-24-10-6-5-9-21(23)24)15-27-25(28)17-30-20-7-3-2-4-8-20/h2-14,16,22,26H,15,17H2,1H3,(H,27,28)/t22-/m0/s1. The van der Waals surface area contributed by atoms with Crippen LogP contribution in [0.1, 0.15) is 17.0 Å². The molecule has 0 fully saturated rings. The number of ether oxygens (including phenoxy) is 2. The first kappa shape index (κ1) is 19.6. The third-order valence-electron chi connectivity index (χ3n) is 5.13. The van der Waals surface area contributed by atoms with Gasteiger partial charge in [0.25, 0.3) is 5.91 Å². The largest absolute Gasteiger partial charge is 0.497 e. The molecule has 152 valence electrons. The summed E-state index contributed by atoms with van der Waals surface area (Å²) in [5.74, 6) is 1.32. The van der Waals surface area contributed by atoms with Crippen LogP contribution in [-0.2, 0) is 4.79 Å². The predicted octanol–water partition coefficient (Wildman–Crippen LogP) is 4.50. The first-order valence-electron chi connectivity index (χ1n) is 9.89. The average Bonchev–Trinajstić information content (AvgIpc) is 3.23. The highest BCUT2D eigenvalue weighted by Crippen LogP contribution is 2.31. The summed E-state index contributed by atoms with van der Waals surface area (Å²) < 4.78 is 10.9. The van der Waals surface area contributed by atoms with E-state index in [0.717, 1.165) is 27.8 Å². The topological polar surface area (TPSA) is 63.4 Å². The molecule has 0 aliphatic carbocycles. The highest BCUT2D eigenvalue weighted by molar-refractivity contribution is 5.84. The Morgan fingerprint density at radius 1 is 0.933 bits per heavy atom. The summed E-state index contributed by atoms with van der Waals surface area (Å²) in [6.07, 6.45) is 2.02. The van der Waals surface area contributed by atoms with Gasteiger partial charge in [0.15, 0.2) is 6.61 Å². The predicted molar refractivity (Wildman–Crippen MR) is 118 cm³/mol. The van der Waals surface area contributed by atoms with E-state index in [0.29, 0.717) is 12.3 Å². The van der Waals surface area contributed by atoms with Crippen molar-refractivity contribution in [3.05, 3.63) is 96.2 Å². The number of carbonyl (C=O) groups excluding carboxylic acids is 1. The number of para-hydroxylation sites is 2. The van der Waals surface area contributed by atoms with E-state index >= 15 is 0 Å². The van der Waals surface area contributed by atoms with Crippen molar-refractivity contribution in [2.24, 2.45) is 0 Å². The Morgan fingerprint density at radius 2 is 1.67 bits per heavy atom. The van der Waals surface area contributed by atoms with Crippen molar-refractivity contribution in [2.75, 3.05) is 20.3 Å². The molecule has 5 nitrogen and oxygen atoms in total. The van der Waals surface area contributed by atoms with Gasteiger partial charge in [0.2, 0.25) is 0 Å². The summed E-state index contributed by atoms with van der Waals surface area (Å²) in [7, 11) is 1.65. The van der Waals surface area contributed by atoms with Gasteiger partial charge in [0, 0.05) is 29.6 Å². The number of H-pyrrole nitrogens is 1. The van der Waals surface area contributed by atoms with Gasteiger partial charge in [0.1, 0.15) is 11.5 Å². The normalized spacial score (nSPS) is 11.8. The maximum Gasteiger partial charge on any atom is 0.257 e. The monoisotopic (exact) mass is 400 g/mol. The molecule has 0 aliphatic heterocycles.